The highest BCUT2D eigenvalue weighted by Crippen LogP contribution is 2.38. The highest BCUT2D eigenvalue weighted by atomic mass is 19.4. The fourth-order valence-corrected chi connectivity index (χ4v) is 2.64. The molecule has 2 aliphatic rings. The number of benzene rings is 1. The summed E-state index contributed by atoms with van der Waals surface area (Å²) in [4.78, 5) is 11.8. The molecule has 1 saturated heterocycles. The molecular weight excluding hydrogens is 348 g/mol. The Hall–Kier alpha value is -1.74. The van der Waals surface area contributed by atoms with Crippen LogP contribution in [0.25, 0.3) is 0 Å². The van der Waals surface area contributed by atoms with Crippen molar-refractivity contribution >= 4 is 24.3 Å². The second-order valence-electron chi connectivity index (χ2n) is 7.76. The lowest BCUT2D eigenvalue weighted by molar-refractivity contribution is -0.136. The number of hydrogen-bond donors (Lipinski definition) is 2. The number of halogens is 3. The molecule has 1 aliphatic heterocycles. The third kappa shape index (κ3) is 3.83. The fourth-order valence-electron chi connectivity index (χ4n) is 2.64. The van der Waals surface area contributed by atoms with Gasteiger partial charge in [-0.15, -0.1) is 0 Å². The predicted octanol–water partition coefficient (Wildman–Crippen LogP) is 3.29. The van der Waals surface area contributed by atoms with Crippen molar-refractivity contribution in [2.75, 3.05) is 5.32 Å². The first-order valence-corrected chi connectivity index (χ1v) is 8.53. The summed E-state index contributed by atoms with van der Waals surface area (Å²) in [5.41, 5.74) is -2.43. The normalized spacial score (nSPS) is 21.6. The van der Waals surface area contributed by atoms with E-state index in [0.29, 0.717) is 0 Å². The van der Waals surface area contributed by atoms with E-state index in [9.17, 15) is 18.0 Å². The maximum absolute atomic E-state index is 13.6. The standard InChI is InChI=1S/C17H22BF3N2O3/c1-15(2)16(3,4)26-18(25-15)13-8-7-11(9-12(13)17(19,20)21)23-14(24)22-10-5-6-10/h7-10H,5-6H2,1-4H3,(H2,22,23,24). The van der Waals surface area contributed by atoms with Crippen LogP contribution in [0.2, 0.25) is 0 Å². The van der Waals surface area contributed by atoms with Crippen molar-refractivity contribution in [2.45, 2.75) is 64.0 Å². The Bertz CT molecular complexity index is 702. The van der Waals surface area contributed by atoms with Gasteiger partial charge in [-0.3, -0.25) is 0 Å². The molecule has 1 aromatic carbocycles. The van der Waals surface area contributed by atoms with Crippen LogP contribution in [-0.4, -0.2) is 30.4 Å². The zero-order chi connectivity index (χ0) is 19.3. The van der Waals surface area contributed by atoms with Crippen LogP contribution in [0.3, 0.4) is 0 Å². The number of carbonyl (C=O) groups excluding carboxylic acids is 1. The molecule has 2 fully saturated rings. The summed E-state index contributed by atoms with van der Waals surface area (Å²) in [6.45, 7) is 7.10. The lowest BCUT2D eigenvalue weighted by Gasteiger charge is -2.32. The molecule has 0 aromatic heterocycles. The number of hydrogen-bond acceptors (Lipinski definition) is 3. The number of rotatable bonds is 3. The first-order chi connectivity index (χ1) is 11.9. The van der Waals surface area contributed by atoms with Gasteiger partial charge < -0.3 is 19.9 Å². The third-order valence-electron chi connectivity index (χ3n) is 5.04. The summed E-state index contributed by atoms with van der Waals surface area (Å²) in [7, 11) is -1.13. The Morgan fingerprint density at radius 3 is 2.23 bits per heavy atom. The minimum atomic E-state index is -4.61. The van der Waals surface area contributed by atoms with Crippen LogP contribution >= 0.6 is 0 Å². The molecule has 0 unspecified atom stereocenters. The van der Waals surface area contributed by atoms with Crippen LogP contribution in [0, 0.1) is 0 Å². The van der Waals surface area contributed by atoms with E-state index in [1.165, 1.54) is 12.1 Å². The Kier molecular flexibility index (Phi) is 4.51. The van der Waals surface area contributed by atoms with E-state index < -0.39 is 36.1 Å². The minimum absolute atomic E-state index is 0.0655. The van der Waals surface area contributed by atoms with E-state index in [4.69, 9.17) is 9.31 Å². The van der Waals surface area contributed by atoms with Crippen LogP contribution in [-0.2, 0) is 15.5 Å². The minimum Gasteiger partial charge on any atom is -0.399 e. The Morgan fingerprint density at radius 2 is 1.73 bits per heavy atom. The second kappa shape index (κ2) is 6.16. The van der Waals surface area contributed by atoms with Crippen molar-refractivity contribution in [1.82, 2.24) is 5.32 Å². The number of anilines is 1. The summed E-state index contributed by atoms with van der Waals surface area (Å²) in [5, 5.41) is 5.12. The fraction of sp³-hybridized carbons (Fsp3) is 0.588. The van der Waals surface area contributed by atoms with Crippen molar-refractivity contribution in [3.8, 4) is 0 Å². The van der Waals surface area contributed by atoms with Gasteiger partial charge in [-0.05, 0) is 58.1 Å². The first-order valence-electron chi connectivity index (χ1n) is 8.53. The first kappa shape index (κ1) is 19.0. The van der Waals surface area contributed by atoms with Gasteiger partial charge in [0.2, 0.25) is 0 Å². The maximum atomic E-state index is 13.6. The second-order valence-corrected chi connectivity index (χ2v) is 7.76. The quantitative estimate of drug-likeness (QED) is 0.803. The number of urea groups is 1. The smallest absolute Gasteiger partial charge is 0.399 e. The Morgan fingerprint density at radius 1 is 1.15 bits per heavy atom. The van der Waals surface area contributed by atoms with Gasteiger partial charge in [0.05, 0.1) is 16.8 Å². The summed E-state index contributed by atoms with van der Waals surface area (Å²) >= 11 is 0. The van der Waals surface area contributed by atoms with Gasteiger partial charge in [-0.2, -0.15) is 13.2 Å². The van der Waals surface area contributed by atoms with Crippen molar-refractivity contribution in [2.24, 2.45) is 0 Å². The van der Waals surface area contributed by atoms with Gasteiger partial charge in [-0.25, -0.2) is 4.79 Å². The third-order valence-corrected chi connectivity index (χ3v) is 5.04. The van der Waals surface area contributed by atoms with Crippen molar-refractivity contribution < 1.29 is 27.3 Å². The Labute approximate surface area is 150 Å². The van der Waals surface area contributed by atoms with Crippen molar-refractivity contribution in [1.29, 1.82) is 0 Å². The van der Waals surface area contributed by atoms with E-state index in [1.54, 1.807) is 27.7 Å². The van der Waals surface area contributed by atoms with E-state index in [-0.39, 0.29) is 17.2 Å². The summed E-state index contributed by atoms with van der Waals surface area (Å²) < 4.78 is 52.2. The molecule has 1 heterocycles. The molecule has 1 saturated carbocycles. The molecule has 2 N–H and O–H groups in total. The Balaban J connectivity index is 1.87. The average molecular weight is 370 g/mol. The zero-order valence-electron chi connectivity index (χ0n) is 15.2. The maximum Gasteiger partial charge on any atom is 0.495 e. The topological polar surface area (TPSA) is 59.6 Å². The van der Waals surface area contributed by atoms with Gasteiger partial charge in [0.25, 0.3) is 0 Å². The molecule has 0 bridgehead atoms. The lowest BCUT2D eigenvalue weighted by atomic mass is 9.75. The predicted molar refractivity (Wildman–Crippen MR) is 92.3 cm³/mol. The average Bonchev–Trinajstić information content (AvgIpc) is 3.24. The molecule has 9 heteroatoms. The van der Waals surface area contributed by atoms with E-state index in [1.807, 2.05) is 0 Å². The molecule has 142 valence electrons. The summed E-state index contributed by atoms with van der Waals surface area (Å²) in [6.07, 6.45) is -2.83. The number of carbonyl (C=O) groups is 1. The zero-order valence-corrected chi connectivity index (χ0v) is 15.2. The van der Waals surface area contributed by atoms with Crippen molar-refractivity contribution in [3.63, 3.8) is 0 Å². The largest absolute Gasteiger partial charge is 0.495 e. The number of nitrogens with one attached hydrogen (secondary N) is 2. The SMILES string of the molecule is CC1(C)OB(c2ccc(NC(=O)NC3CC3)cc2C(F)(F)F)OC1(C)C. The molecule has 0 atom stereocenters. The number of amides is 2. The molecule has 5 nitrogen and oxygen atoms in total. The highest BCUT2D eigenvalue weighted by molar-refractivity contribution is 6.62. The van der Waals surface area contributed by atoms with Gasteiger partial charge in [0.1, 0.15) is 0 Å². The molecule has 1 aliphatic carbocycles. The van der Waals surface area contributed by atoms with Crippen LogP contribution in [0.1, 0.15) is 46.1 Å². The van der Waals surface area contributed by atoms with Gasteiger partial charge >= 0.3 is 19.3 Å². The number of alkyl halides is 3. The lowest BCUT2D eigenvalue weighted by Crippen LogP contribution is -2.41. The molecule has 26 heavy (non-hydrogen) atoms. The summed E-state index contributed by atoms with van der Waals surface area (Å²) in [6, 6.07) is 3.22. The molecule has 3 rings (SSSR count). The van der Waals surface area contributed by atoms with Crippen LogP contribution in [0.5, 0.6) is 0 Å². The van der Waals surface area contributed by atoms with Gasteiger partial charge in [0, 0.05) is 11.7 Å². The summed E-state index contributed by atoms with van der Waals surface area (Å²) in [5.74, 6) is 0. The van der Waals surface area contributed by atoms with Crippen molar-refractivity contribution in [3.05, 3.63) is 23.8 Å². The van der Waals surface area contributed by atoms with E-state index in [0.717, 1.165) is 18.9 Å². The molecule has 1 aromatic rings. The molecule has 0 radical (unpaired) electrons. The monoisotopic (exact) mass is 370 g/mol. The van der Waals surface area contributed by atoms with E-state index >= 15 is 0 Å². The molecule has 0 spiro atoms. The van der Waals surface area contributed by atoms with Crippen LogP contribution in [0.4, 0.5) is 23.7 Å². The van der Waals surface area contributed by atoms with Gasteiger partial charge in [0.15, 0.2) is 0 Å². The molecular formula is C17H22BF3N2O3. The van der Waals surface area contributed by atoms with Crippen LogP contribution < -0.4 is 16.1 Å². The highest BCUT2D eigenvalue weighted by Gasteiger charge is 2.53. The van der Waals surface area contributed by atoms with E-state index in [2.05, 4.69) is 10.6 Å². The van der Waals surface area contributed by atoms with Gasteiger partial charge in [-0.1, -0.05) is 6.07 Å². The molecule has 2 amide bonds. The van der Waals surface area contributed by atoms with Crippen LogP contribution in [0.15, 0.2) is 18.2 Å².